The van der Waals surface area contributed by atoms with Crippen LogP contribution in [0.25, 0.3) is 0 Å². The first-order valence-electron chi connectivity index (χ1n) is 6.27. The summed E-state index contributed by atoms with van der Waals surface area (Å²) in [6, 6.07) is 7.11. The molecule has 104 valence electrons. The fourth-order valence-electron chi connectivity index (χ4n) is 1.79. The lowest BCUT2D eigenvalue weighted by molar-refractivity contribution is 0.0600. The van der Waals surface area contributed by atoms with Crippen LogP contribution in [0.3, 0.4) is 0 Å². The van der Waals surface area contributed by atoms with Crippen LogP contribution in [-0.4, -0.2) is 37.9 Å². The number of anilines is 1. The summed E-state index contributed by atoms with van der Waals surface area (Å²) >= 11 is 0. The van der Waals surface area contributed by atoms with Gasteiger partial charge in [-0.15, -0.1) is 6.58 Å². The van der Waals surface area contributed by atoms with Gasteiger partial charge in [0.2, 0.25) is 0 Å². The summed E-state index contributed by atoms with van der Waals surface area (Å²) in [5, 5.41) is 9.83. The summed E-state index contributed by atoms with van der Waals surface area (Å²) in [7, 11) is 3.27. The van der Waals surface area contributed by atoms with Gasteiger partial charge in [0.1, 0.15) is 0 Å². The summed E-state index contributed by atoms with van der Waals surface area (Å²) in [5.41, 5.74) is 1.47. The van der Waals surface area contributed by atoms with Gasteiger partial charge in [0.15, 0.2) is 0 Å². The van der Waals surface area contributed by atoms with Gasteiger partial charge in [0.25, 0.3) is 0 Å². The van der Waals surface area contributed by atoms with Crippen molar-refractivity contribution in [3.05, 3.63) is 42.5 Å². The van der Waals surface area contributed by atoms with Crippen molar-refractivity contribution in [1.82, 2.24) is 0 Å². The third-order valence-corrected chi connectivity index (χ3v) is 2.92. The smallest absolute Gasteiger partial charge is 0.337 e. The third-order valence-electron chi connectivity index (χ3n) is 2.92. The van der Waals surface area contributed by atoms with E-state index in [0.717, 1.165) is 12.1 Å². The van der Waals surface area contributed by atoms with E-state index >= 15 is 0 Å². The molecule has 1 rings (SSSR count). The van der Waals surface area contributed by atoms with Crippen LogP contribution in [0.2, 0.25) is 0 Å². The van der Waals surface area contributed by atoms with Crippen molar-refractivity contribution < 1.29 is 14.6 Å². The molecule has 4 nitrogen and oxygen atoms in total. The maximum Gasteiger partial charge on any atom is 0.337 e. The van der Waals surface area contributed by atoms with E-state index in [1.165, 1.54) is 7.11 Å². The first kappa shape index (κ1) is 15.2. The zero-order chi connectivity index (χ0) is 14.3. The number of carbonyl (C=O) groups excluding carboxylic acids is 1. The summed E-state index contributed by atoms with van der Waals surface area (Å²) < 4.78 is 4.64. The van der Waals surface area contributed by atoms with E-state index in [2.05, 4.69) is 11.3 Å². The van der Waals surface area contributed by atoms with Gasteiger partial charge in [-0.05, 0) is 37.1 Å². The maximum atomic E-state index is 11.3. The highest BCUT2D eigenvalue weighted by atomic mass is 16.5. The van der Waals surface area contributed by atoms with Crippen molar-refractivity contribution in [2.75, 3.05) is 25.6 Å². The van der Waals surface area contributed by atoms with Gasteiger partial charge in [-0.2, -0.15) is 0 Å². The number of carbonyl (C=O) groups is 1. The average molecular weight is 263 g/mol. The van der Waals surface area contributed by atoms with Gasteiger partial charge in [-0.3, -0.25) is 0 Å². The molecule has 1 unspecified atom stereocenters. The quantitative estimate of drug-likeness (QED) is 0.605. The summed E-state index contributed by atoms with van der Waals surface area (Å²) in [6.45, 7) is 4.18. The first-order valence-corrected chi connectivity index (χ1v) is 6.27. The Balaban J connectivity index is 2.59. The van der Waals surface area contributed by atoms with E-state index in [9.17, 15) is 9.90 Å². The zero-order valence-electron chi connectivity index (χ0n) is 11.5. The Morgan fingerprint density at radius 2 is 2.11 bits per heavy atom. The standard InChI is InChI=1S/C15H21NO3/c1-4-5-6-14(17)11-16(2)13-9-7-12(8-10-13)15(18)19-3/h4,7-10,14,17H,1,5-6,11H2,2-3H3. The lowest BCUT2D eigenvalue weighted by Crippen LogP contribution is -2.28. The van der Waals surface area contributed by atoms with Gasteiger partial charge in [-0.1, -0.05) is 6.08 Å². The predicted octanol–water partition coefficient (Wildman–Crippen LogP) is 2.24. The molecule has 0 bridgehead atoms. The van der Waals surface area contributed by atoms with E-state index in [-0.39, 0.29) is 12.1 Å². The number of aliphatic hydroxyl groups is 1. The number of methoxy groups -OCH3 is 1. The van der Waals surface area contributed by atoms with E-state index < -0.39 is 0 Å². The number of allylic oxidation sites excluding steroid dienone is 1. The van der Waals surface area contributed by atoms with Crippen LogP contribution in [0.15, 0.2) is 36.9 Å². The molecule has 0 aromatic heterocycles. The number of benzene rings is 1. The van der Waals surface area contributed by atoms with Gasteiger partial charge in [0, 0.05) is 19.3 Å². The van der Waals surface area contributed by atoms with Gasteiger partial charge >= 0.3 is 5.97 Å². The zero-order valence-corrected chi connectivity index (χ0v) is 11.5. The van der Waals surface area contributed by atoms with Crippen LogP contribution in [0, 0.1) is 0 Å². The van der Waals surface area contributed by atoms with E-state index in [1.807, 2.05) is 24.1 Å². The lowest BCUT2D eigenvalue weighted by atomic mass is 10.1. The second-order valence-electron chi connectivity index (χ2n) is 4.44. The lowest BCUT2D eigenvalue weighted by Gasteiger charge is -2.22. The number of ether oxygens (including phenoxy) is 1. The number of hydrogen-bond acceptors (Lipinski definition) is 4. The second-order valence-corrected chi connectivity index (χ2v) is 4.44. The molecule has 0 radical (unpaired) electrons. The second kappa shape index (κ2) is 7.59. The maximum absolute atomic E-state index is 11.3. The molecule has 0 spiro atoms. The van der Waals surface area contributed by atoms with Gasteiger partial charge < -0.3 is 14.7 Å². The molecular formula is C15H21NO3. The Morgan fingerprint density at radius 3 is 2.63 bits per heavy atom. The molecule has 0 amide bonds. The highest BCUT2D eigenvalue weighted by Crippen LogP contribution is 2.15. The summed E-state index contributed by atoms with van der Waals surface area (Å²) in [5.74, 6) is -0.347. The largest absolute Gasteiger partial charge is 0.465 e. The molecule has 0 saturated heterocycles. The Morgan fingerprint density at radius 1 is 1.47 bits per heavy atom. The summed E-state index contributed by atoms with van der Waals surface area (Å²) in [4.78, 5) is 13.3. The van der Waals surface area contributed by atoms with Crippen molar-refractivity contribution in [2.24, 2.45) is 0 Å². The normalized spacial score (nSPS) is 11.7. The molecule has 1 aromatic rings. The van der Waals surface area contributed by atoms with Crippen LogP contribution < -0.4 is 4.90 Å². The van der Waals surface area contributed by atoms with Crippen molar-refractivity contribution >= 4 is 11.7 Å². The van der Waals surface area contributed by atoms with Crippen molar-refractivity contribution in [2.45, 2.75) is 18.9 Å². The minimum Gasteiger partial charge on any atom is -0.465 e. The minimum absolute atomic E-state index is 0.347. The topological polar surface area (TPSA) is 49.8 Å². The molecule has 4 heteroatoms. The number of rotatable bonds is 7. The molecule has 0 aliphatic heterocycles. The van der Waals surface area contributed by atoms with Crippen LogP contribution in [0.4, 0.5) is 5.69 Å². The molecular weight excluding hydrogens is 242 g/mol. The first-order chi connectivity index (χ1) is 9.08. The molecule has 19 heavy (non-hydrogen) atoms. The van der Waals surface area contributed by atoms with Gasteiger partial charge in [0.05, 0.1) is 18.8 Å². The van der Waals surface area contributed by atoms with E-state index in [4.69, 9.17) is 0 Å². The molecule has 1 atom stereocenters. The highest BCUT2D eigenvalue weighted by Gasteiger charge is 2.09. The van der Waals surface area contributed by atoms with E-state index in [0.29, 0.717) is 18.5 Å². The third kappa shape index (κ3) is 4.75. The molecule has 0 saturated carbocycles. The monoisotopic (exact) mass is 263 g/mol. The van der Waals surface area contributed by atoms with Crippen LogP contribution in [-0.2, 0) is 4.74 Å². The summed E-state index contributed by atoms with van der Waals surface area (Å²) in [6.07, 6.45) is 2.92. The van der Waals surface area contributed by atoms with Crippen LogP contribution in [0.5, 0.6) is 0 Å². The number of esters is 1. The Hall–Kier alpha value is -1.81. The molecule has 0 heterocycles. The highest BCUT2D eigenvalue weighted by molar-refractivity contribution is 5.89. The molecule has 0 fully saturated rings. The van der Waals surface area contributed by atoms with Crippen molar-refractivity contribution in [3.63, 3.8) is 0 Å². The predicted molar refractivity (Wildman–Crippen MR) is 76.5 cm³/mol. The SMILES string of the molecule is C=CCCC(O)CN(C)c1ccc(C(=O)OC)cc1. The minimum atomic E-state index is -0.386. The molecule has 0 aliphatic rings. The Bertz CT molecular complexity index is 414. The van der Waals surface area contributed by atoms with Crippen molar-refractivity contribution in [1.29, 1.82) is 0 Å². The fourth-order valence-corrected chi connectivity index (χ4v) is 1.79. The van der Waals surface area contributed by atoms with Crippen molar-refractivity contribution in [3.8, 4) is 0 Å². The van der Waals surface area contributed by atoms with Crippen LogP contribution in [0.1, 0.15) is 23.2 Å². The molecule has 1 aromatic carbocycles. The number of likely N-dealkylation sites (N-methyl/N-ethyl adjacent to an activating group) is 1. The average Bonchev–Trinajstić information content (AvgIpc) is 2.44. The fraction of sp³-hybridized carbons (Fsp3) is 0.400. The molecule has 1 N–H and O–H groups in total. The molecule has 0 aliphatic carbocycles. The Kier molecular flexibility index (Phi) is 6.09. The number of nitrogens with zero attached hydrogens (tertiary/aromatic N) is 1. The van der Waals surface area contributed by atoms with E-state index in [1.54, 1.807) is 18.2 Å². The van der Waals surface area contributed by atoms with Gasteiger partial charge in [-0.25, -0.2) is 4.79 Å². The number of aliphatic hydroxyl groups excluding tert-OH is 1. The Labute approximate surface area is 114 Å². The van der Waals surface area contributed by atoms with Crippen LogP contribution >= 0.6 is 0 Å². The number of hydrogen-bond donors (Lipinski definition) is 1.